The van der Waals surface area contributed by atoms with Crippen LogP contribution in [0.2, 0.25) is 0 Å². The van der Waals surface area contributed by atoms with Crippen molar-refractivity contribution in [1.82, 2.24) is 14.8 Å². The number of nitrogens with zero attached hydrogens (tertiary/aromatic N) is 3. The van der Waals surface area contributed by atoms with Gasteiger partial charge in [0.2, 0.25) is 11.8 Å². The van der Waals surface area contributed by atoms with Crippen LogP contribution < -0.4 is 5.32 Å². The molecule has 1 unspecified atom stereocenters. The van der Waals surface area contributed by atoms with Gasteiger partial charge in [0, 0.05) is 18.7 Å². The van der Waals surface area contributed by atoms with Crippen molar-refractivity contribution in [2.45, 2.75) is 38.6 Å². The van der Waals surface area contributed by atoms with E-state index in [4.69, 9.17) is 4.98 Å². The zero-order chi connectivity index (χ0) is 22.7. The lowest BCUT2D eigenvalue weighted by Crippen LogP contribution is -2.49. The number of benzene rings is 2. The molecule has 4 rings (SSSR count). The summed E-state index contributed by atoms with van der Waals surface area (Å²) in [4.78, 5) is 33.9. The van der Waals surface area contributed by atoms with E-state index in [9.17, 15) is 9.59 Å². The van der Waals surface area contributed by atoms with Gasteiger partial charge in [0.25, 0.3) is 0 Å². The summed E-state index contributed by atoms with van der Waals surface area (Å²) in [6.07, 6.45) is 1.99. The Morgan fingerprint density at radius 1 is 1.16 bits per heavy atom. The van der Waals surface area contributed by atoms with Crippen molar-refractivity contribution in [3.05, 3.63) is 59.1 Å². The molecule has 0 bridgehead atoms. The van der Waals surface area contributed by atoms with E-state index < -0.39 is 0 Å². The van der Waals surface area contributed by atoms with Crippen molar-refractivity contribution < 1.29 is 9.59 Å². The fraction of sp³-hybridized carbons (Fsp3) is 0.400. The minimum Gasteiger partial charge on any atom is -0.335 e. The van der Waals surface area contributed by atoms with Crippen LogP contribution >= 0.6 is 11.3 Å². The minimum absolute atomic E-state index is 0.0255. The number of nitrogens with one attached hydrogen (secondary N) is 1. The number of para-hydroxylation sites is 1. The molecule has 0 saturated carbocycles. The van der Waals surface area contributed by atoms with Gasteiger partial charge in [0.15, 0.2) is 0 Å². The molecule has 1 aromatic heterocycles. The van der Waals surface area contributed by atoms with Crippen LogP contribution in [0.3, 0.4) is 0 Å². The topological polar surface area (TPSA) is 65.5 Å². The highest BCUT2D eigenvalue weighted by molar-refractivity contribution is 7.18. The quantitative estimate of drug-likeness (QED) is 0.609. The van der Waals surface area contributed by atoms with Crippen molar-refractivity contribution in [3.8, 4) is 0 Å². The lowest BCUT2D eigenvalue weighted by atomic mass is 9.96. The van der Waals surface area contributed by atoms with Gasteiger partial charge in [-0.15, -0.1) is 11.3 Å². The van der Waals surface area contributed by atoms with Crippen LogP contribution in [0.5, 0.6) is 0 Å². The first-order chi connectivity index (χ1) is 15.4. The molecular weight excluding hydrogens is 420 g/mol. The third kappa shape index (κ3) is 5.16. The number of carbonyl (C=O) groups excluding carboxylic acids is 2. The maximum atomic E-state index is 12.9. The number of likely N-dealkylation sites (tertiary alicyclic amines) is 1. The average molecular weight is 451 g/mol. The predicted octanol–water partition coefficient (Wildman–Crippen LogP) is 4.27. The molecule has 6 nitrogen and oxygen atoms in total. The first-order valence-corrected chi connectivity index (χ1v) is 11.9. The van der Waals surface area contributed by atoms with E-state index in [1.807, 2.05) is 44.2 Å². The molecule has 1 saturated heterocycles. The van der Waals surface area contributed by atoms with Gasteiger partial charge in [0.1, 0.15) is 0 Å². The van der Waals surface area contributed by atoms with E-state index >= 15 is 0 Å². The normalized spacial score (nSPS) is 16.1. The van der Waals surface area contributed by atoms with Crippen LogP contribution in [0, 0.1) is 6.92 Å². The van der Waals surface area contributed by atoms with Gasteiger partial charge >= 0.3 is 0 Å². The van der Waals surface area contributed by atoms with Gasteiger partial charge in [-0.1, -0.05) is 29.8 Å². The van der Waals surface area contributed by atoms with Crippen molar-refractivity contribution in [1.29, 1.82) is 0 Å². The molecule has 32 heavy (non-hydrogen) atoms. The summed E-state index contributed by atoms with van der Waals surface area (Å²) >= 11 is 1.78. The number of fused-ring (bicyclic) bond motifs is 1. The van der Waals surface area contributed by atoms with Crippen molar-refractivity contribution in [2.24, 2.45) is 0 Å². The summed E-state index contributed by atoms with van der Waals surface area (Å²) in [5, 5.41) is 4.06. The standard InChI is InChI=1S/C25H30N4O2S/c1-17-8-10-20(11-9-17)26-23(30)16-28(3)25(31)18(2)29-14-12-19(13-15-29)24-27-21-6-4-5-7-22(21)32-24/h4-11,18-19H,12-16H2,1-3H3,(H,26,30). The molecule has 1 N–H and O–H groups in total. The van der Waals surface area contributed by atoms with Crippen molar-refractivity contribution in [3.63, 3.8) is 0 Å². The lowest BCUT2D eigenvalue weighted by Gasteiger charge is -2.36. The smallest absolute Gasteiger partial charge is 0.243 e. The molecule has 2 aromatic carbocycles. The first-order valence-electron chi connectivity index (χ1n) is 11.1. The van der Waals surface area contributed by atoms with Crippen molar-refractivity contribution >= 4 is 39.1 Å². The number of hydrogen-bond acceptors (Lipinski definition) is 5. The molecule has 3 aromatic rings. The fourth-order valence-electron chi connectivity index (χ4n) is 4.20. The molecule has 7 heteroatoms. The van der Waals surface area contributed by atoms with E-state index in [1.165, 1.54) is 14.6 Å². The lowest BCUT2D eigenvalue weighted by molar-refractivity contribution is -0.138. The Morgan fingerprint density at radius 2 is 1.84 bits per heavy atom. The molecule has 1 aliphatic rings. The third-order valence-electron chi connectivity index (χ3n) is 6.19. The maximum Gasteiger partial charge on any atom is 0.243 e. The Morgan fingerprint density at radius 3 is 2.53 bits per heavy atom. The number of hydrogen-bond donors (Lipinski definition) is 1. The summed E-state index contributed by atoms with van der Waals surface area (Å²) in [5.41, 5.74) is 2.95. The minimum atomic E-state index is -0.247. The summed E-state index contributed by atoms with van der Waals surface area (Å²) in [5.74, 6) is 0.234. The van der Waals surface area contributed by atoms with Crippen LogP contribution in [0.1, 0.15) is 36.3 Å². The highest BCUT2D eigenvalue weighted by Gasteiger charge is 2.30. The van der Waals surface area contributed by atoms with Gasteiger partial charge in [-0.3, -0.25) is 14.5 Å². The van der Waals surface area contributed by atoms with E-state index in [1.54, 1.807) is 18.4 Å². The second-order valence-electron chi connectivity index (χ2n) is 8.61. The van der Waals surface area contributed by atoms with Gasteiger partial charge in [-0.2, -0.15) is 0 Å². The zero-order valence-corrected chi connectivity index (χ0v) is 19.7. The SMILES string of the molecule is Cc1ccc(NC(=O)CN(C)C(=O)C(C)N2CCC(c3nc4ccccc4s3)CC2)cc1. The third-order valence-corrected chi connectivity index (χ3v) is 7.39. The van der Waals surface area contributed by atoms with Crippen LogP contribution in [0.15, 0.2) is 48.5 Å². The number of aryl methyl sites for hydroxylation is 1. The summed E-state index contributed by atoms with van der Waals surface area (Å²) in [6, 6.07) is 15.7. The van der Waals surface area contributed by atoms with Crippen molar-refractivity contribution in [2.75, 3.05) is 32.0 Å². The van der Waals surface area contributed by atoms with E-state index in [-0.39, 0.29) is 24.4 Å². The number of anilines is 1. The zero-order valence-electron chi connectivity index (χ0n) is 18.9. The molecule has 168 valence electrons. The van der Waals surface area contributed by atoms with Gasteiger partial charge in [0.05, 0.1) is 27.8 Å². The number of carbonyl (C=O) groups is 2. The number of amides is 2. The molecule has 1 aliphatic heterocycles. The average Bonchev–Trinajstić information content (AvgIpc) is 3.24. The van der Waals surface area contributed by atoms with Crippen LogP contribution in [0.4, 0.5) is 5.69 Å². The number of rotatable bonds is 6. The molecule has 0 radical (unpaired) electrons. The number of likely N-dealkylation sites (N-methyl/N-ethyl adjacent to an activating group) is 1. The summed E-state index contributed by atoms with van der Waals surface area (Å²) in [7, 11) is 1.70. The second kappa shape index (κ2) is 9.79. The number of thiazole rings is 1. The van der Waals surface area contributed by atoms with E-state index in [2.05, 4.69) is 28.4 Å². The van der Waals surface area contributed by atoms with Crippen LogP contribution in [-0.4, -0.2) is 59.3 Å². The van der Waals surface area contributed by atoms with E-state index in [0.29, 0.717) is 5.92 Å². The Hall–Kier alpha value is -2.77. The molecule has 1 fully saturated rings. The highest BCUT2D eigenvalue weighted by atomic mass is 32.1. The molecule has 2 heterocycles. The summed E-state index contributed by atoms with van der Waals surface area (Å²) in [6.45, 7) is 5.70. The maximum absolute atomic E-state index is 12.9. The highest BCUT2D eigenvalue weighted by Crippen LogP contribution is 2.34. The first kappa shape index (κ1) is 22.4. The van der Waals surface area contributed by atoms with Crippen LogP contribution in [0.25, 0.3) is 10.2 Å². The number of piperidine rings is 1. The second-order valence-corrected chi connectivity index (χ2v) is 9.68. The largest absolute Gasteiger partial charge is 0.335 e. The Kier molecular flexibility index (Phi) is 6.86. The monoisotopic (exact) mass is 450 g/mol. The Bertz CT molecular complexity index is 1050. The summed E-state index contributed by atoms with van der Waals surface area (Å²) < 4.78 is 1.24. The van der Waals surface area contributed by atoms with Crippen LogP contribution in [-0.2, 0) is 9.59 Å². The number of aromatic nitrogens is 1. The van der Waals surface area contributed by atoms with Gasteiger partial charge < -0.3 is 10.2 Å². The molecular formula is C25H30N4O2S. The predicted molar refractivity (Wildman–Crippen MR) is 130 cm³/mol. The Balaban J connectivity index is 1.28. The van der Waals surface area contributed by atoms with Gasteiger partial charge in [-0.05, 0) is 64.0 Å². The molecule has 2 amide bonds. The molecule has 1 atom stereocenters. The molecule has 0 spiro atoms. The van der Waals surface area contributed by atoms with Gasteiger partial charge in [-0.25, -0.2) is 4.98 Å². The molecule has 0 aliphatic carbocycles. The Labute approximate surface area is 193 Å². The fourth-order valence-corrected chi connectivity index (χ4v) is 5.34. The van der Waals surface area contributed by atoms with E-state index in [0.717, 1.165) is 42.7 Å².